The van der Waals surface area contributed by atoms with Gasteiger partial charge in [0.05, 0.1) is 0 Å². The summed E-state index contributed by atoms with van der Waals surface area (Å²) in [5, 5.41) is 0. The Balaban J connectivity index is 0.000000526. The normalized spacial score (nSPS) is 9.10. The van der Waals surface area contributed by atoms with Crippen LogP contribution in [-0.2, 0) is 4.74 Å². The van der Waals surface area contributed by atoms with Gasteiger partial charge in [0.1, 0.15) is 0 Å². The van der Waals surface area contributed by atoms with Crippen molar-refractivity contribution >= 4 is 37.2 Å². The van der Waals surface area contributed by atoms with Gasteiger partial charge in [-0.15, -0.1) is 0 Å². The Labute approximate surface area is 140 Å². The predicted octanol–water partition coefficient (Wildman–Crippen LogP) is 2.38. The van der Waals surface area contributed by atoms with E-state index in [1.807, 2.05) is 62.4 Å². The van der Waals surface area contributed by atoms with Crippen LogP contribution in [0.15, 0.2) is 48.5 Å². The molecule has 0 aliphatic heterocycles. The van der Waals surface area contributed by atoms with E-state index >= 15 is 0 Å². The van der Waals surface area contributed by atoms with E-state index < -0.39 is 0 Å². The maximum atomic E-state index is 5.61. The van der Waals surface area contributed by atoms with E-state index in [-0.39, 0.29) is 25.8 Å². The van der Waals surface area contributed by atoms with Gasteiger partial charge >= 0.3 is 25.8 Å². The SMILES string of the molecule is CCOCC.Nc1ccc(-c2ccc(N)cc2)cc1.[InH3]. The third-order valence-corrected chi connectivity index (χ3v) is 2.56. The molecule has 2 aromatic rings. The van der Waals surface area contributed by atoms with Crippen LogP contribution >= 0.6 is 0 Å². The molecule has 20 heavy (non-hydrogen) atoms. The van der Waals surface area contributed by atoms with Crippen LogP contribution < -0.4 is 11.5 Å². The van der Waals surface area contributed by atoms with Gasteiger partial charge in [-0.1, -0.05) is 24.3 Å². The molecule has 0 atom stereocenters. The van der Waals surface area contributed by atoms with Gasteiger partial charge in [-0.25, -0.2) is 0 Å². The molecule has 0 radical (unpaired) electrons. The molecule has 4 N–H and O–H groups in total. The van der Waals surface area contributed by atoms with Gasteiger partial charge < -0.3 is 16.2 Å². The number of benzene rings is 2. The molecule has 0 fully saturated rings. The molecule has 0 aliphatic carbocycles. The van der Waals surface area contributed by atoms with Gasteiger partial charge in [-0.05, 0) is 49.2 Å². The summed E-state index contributed by atoms with van der Waals surface area (Å²) in [6, 6.07) is 15.6. The fraction of sp³-hybridized carbons (Fsp3) is 0.250. The third kappa shape index (κ3) is 6.87. The second kappa shape index (κ2) is 10.6. The Bertz CT molecular complexity index is 423. The van der Waals surface area contributed by atoms with Crippen molar-refractivity contribution < 1.29 is 4.74 Å². The summed E-state index contributed by atoms with van der Waals surface area (Å²) >= 11 is 0. The molecular formula is C16H25InN2O. The minimum absolute atomic E-state index is 0. The molecule has 0 aliphatic rings. The molecule has 0 unspecified atom stereocenters. The Morgan fingerprint density at radius 2 is 1.00 bits per heavy atom. The van der Waals surface area contributed by atoms with Crippen LogP contribution in [0.2, 0.25) is 0 Å². The first-order valence-electron chi connectivity index (χ1n) is 6.46. The van der Waals surface area contributed by atoms with Crippen molar-refractivity contribution in [2.75, 3.05) is 24.7 Å². The first-order valence-corrected chi connectivity index (χ1v) is 6.46. The molecule has 3 nitrogen and oxygen atoms in total. The second-order valence-electron chi connectivity index (χ2n) is 4.03. The fourth-order valence-electron chi connectivity index (χ4n) is 1.56. The van der Waals surface area contributed by atoms with Crippen molar-refractivity contribution in [3.63, 3.8) is 0 Å². The van der Waals surface area contributed by atoms with Crippen LogP contribution in [0, 0.1) is 0 Å². The summed E-state index contributed by atoms with van der Waals surface area (Å²) in [5.41, 5.74) is 15.1. The average molecular weight is 376 g/mol. The van der Waals surface area contributed by atoms with E-state index in [4.69, 9.17) is 16.2 Å². The molecule has 0 spiro atoms. The molecule has 2 rings (SSSR count). The predicted molar refractivity (Wildman–Crippen MR) is 92.8 cm³/mol. The van der Waals surface area contributed by atoms with Gasteiger partial charge in [-0.2, -0.15) is 0 Å². The van der Waals surface area contributed by atoms with Crippen LogP contribution in [0.1, 0.15) is 13.8 Å². The Kier molecular flexibility index (Phi) is 10.0. The molecule has 0 bridgehead atoms. The van der Waals surface area contributed by atoms with E-state index in [0.717, 1.165) is 35.7 Å². The molecule has 108 valence electrons. The summed E-state index contributed by atoms with van der Waals surface area (Å²) < 4.78 is 4.83. The van der Waals surface area contributed by atoms with E-state index in [2.05, 4.69) is 0 Å². The Morgan fingerprint density at radius 1 is 0.700 bits per heavy atom. The average Bonchev–Trinajstić information content (AvgIpc) is 2.42. The topological polar surface area (TPSA) is 61.3 Å². The number of nitrogen functional groups attached to an aromatic ring is 2. The number of nitrogens with two attached hydrogens (primary N) is 2. The molecule has 0 saturated heterocycles. The van der Waals surface area contributed by atoms with Crippen LogP contribution in [0.25, 0.3) is 11.1 Å². The first-order chi connectivity index (χ1) is 9.17. The quantitative estimate of drug-likeness (QED) is 0.809. The number of hydrogen-bond donors (Lipinski definition) is 2. The monoisotopic (exact) mass is 376 g/mol. The van der Waals surface area contributed by atoms with Crippen molar-refractivity contribution in [3.05, 3.63) is 48.5 Å². The van der Waals surface area contributed by atoms with Gasteiger partial charge in [0.25, 0.3) is 0 Å². The van der Waals surface area contributed by atoms with Gasteiger partial charge in [0.15, 0.2) is 0 Å². The van der Waals surface area contributed by atoms with Crippen LogP contribution in [0.4, 0.5) is 11.4 Å². The Morgan fingerprint density at radius 3 is 1.20 bits per heavy atom. The second-order valence-corrected chi connectivity index (χ2v) is 4.03. The number of rotatable bonds is 3. The summed E-state index contributed by atoms with van der Waals surface area (Å²) in [6.07, 6.45) is 0. The zero-order valence-corrected chi connectivity index (χ0v) is 11.6. The zero-order valence-electron chi connectivity index (χ0n) is 11.6. The third-order valence-electron chi connectivity index (χ3n) is 2.56. The van der Waals surface area contributed by atoms with E-state index in [1.165, 1.54) is 0 Å². The van der Waals surface area contributed by atoms with Crippen molar-refractivity contribution in [1.82, 2.24) is 0 Å². The molecular weight excluding hydrogens is 351 g/mol. The number of anilines is 2. The minimum atomic E-state index is 0. The van der Waals surface area contributed by atoms with Crippen LogP contribution in [0.3, 0.4) is 0 Å². The molecule has 0 aromatic heterocycles. The zero-order chi connectivity index (χ0) is 14.1. The molecule has 0 heterocycles. The first kappa shape index (κ1) is 18.9. The van der Waals surface area contributed by atoms with Crippen LogP contribution in [0.5, 0.6) is 0 Å². The maximum absolute atomic E-state index is 5.61. The summed E-state index contributed by atoms with van der Waals surface area (Å²) in [4.78, 5) is 0. The van der Waals surface area contributed by atoms with Gasteiger partial charge in [-0.3, -0.25) is 0 Å². The van der Waals surface area contributed by atoms with Gasteiger partial charge in [0.2, 0.25) is 0 Å². The summed E-state index contributed by atoms with van der Waals surface area (Å²) in [6.45, 7) is 5.67. The molecule has 0 saturated carbocycles. The summed E-state index contributed by atoms with van der Waals surface area (Å²) in [7, 11) is 0. The standard InChI is InChI=1S/C12H12N2.C4H10O.In.3H/c13-11-5-1-9(2-6-11)10-3-7-12(14)8-4-10;1-3-5-4-2;;;;/h1-8H,13-14H2;3-4H2,1-2H3;;;;. The van der Waals surface area contributed by atoms with E-state index in [1.54, 1.807) is 0 Å². The van der Waals surface area contributed by atoms with Crippen molar-refractivity contribution in [2.24, 2.45) is 0 Å². The van der Waals surface area contributed by atoms with Gasteiger partial charge in [0, 0.05) is 24.6 Å². The molecule has 0 amide bonds. The number of hydrogen-bond acceptors (Lipinski definition) is 3. The Hall–Kier alpha value is -1.13. The van der Waals surface area contributed by atoms with Crippen molar-refractivity contribution in [2.45, 2.75) is 13.8 Å². The molecule has 2 aromatic carbocycles. The molecule has 4 heteroatoms. The summed E-state index contributed by atoms with van der Waals surface area (Å²) in [5.74, 6) is 0. The van der Waals surface area contributed by atoms with E-state index in [9.17, 15) is 0 Å². The van der Waals surface area contributed by atoms with Crippen molar-refractivity contribution in [1.29, 1.82) is 0 Å². The fourth-order valence-corrected chi connectivity index (χ4v) is 1.56. The van der Waals surface area contributed by atoms with Crippen LogP contribution in [-0.4, -0.2) is 39.1 Å². The van der Waals surface area contributed by atoms with Crippen molar-refractivity contribution in [3.8, 4) is 11.1 Å². The van der Waals surface area contributed by atoms with E-state index in [0.29, 0.717) is 0 Å². The number of ether oxygens (including phenoxy) is 1.